The Morgan fingerprint density at radius 1 is 1.32 bits per heavy atom. The number of para-hydroxylation sites is 1. The summed E-state index contributed by atoms with van der Waals surface area (Å²) in [4.78, 5) is 0. The highest BCUT2D eigenvalue weighted by Gasteiger charge is 2.06. The fourth-order valence-corrected chi connectivity index (χ4v) is 1.68. The topological polar surface area (TPSA) is 47.3 Å². The van der Waals surface area contributed by atoms with Crippen LogP contribution in [0.5, 0.6) is 5.75 Å². The van der Waals surface area contributed by atoms with Crippen molar-refractivity contribution in [3.63, 3.8) is 0 Å². The molecule has 4 nitrogen and oxygen atoms in total. The standard InChI is InChI=1S/C15H20N2O2/c1-11(2)16-9-13-8-14(19-17-13)10-18-15-7-5-4-6-12(15)3/h4-8,11,16H,9-10H2,1-3H3. The number of nitrogens with one attached hydrogen (secondary N) is 1. The molecule has 1 heterocycles. The van der Waals surface area contributed by atoms with Crippen molar-refractivity contribution in [1.82, 2.24) is 10.5 Å². The van der Waals surface area contributed by atoms with Crippen LogP contribution in [0.1, 0.15) is 30.9 Å². The van der Waals surface area contributed by atoms with Gasteiger partial charge in [0.25, 0.3) is 0 Å². The third-order valence-electron chi connectivity index (χ3n) is 2.76. The van der Waals surface area contributed by atoms with E-state index in [9.17, 15) is 0 Å². The zero-order valence-corrected chi connectivity index (χ0v) is 11.6. The molecule has 2 aromatic rings. The van der Waals surface area contributed by atoms with Crippen LogP contribution in [0.4, 0.5) is 0 Å². The van der Waals surface area contributed by atoms with E-state index in [1.54, 1.807) is 0 Å². The summed E-state index contributed by atoms with van der Waals surface area (Å²) in [6, 6.07) is 10.3. The summed E-state index contributed by atoms with van der Waals surface area (Å²) >= 11 is 0. The number of aryl methyl sites for hydroxylation is 1. The van der Waals surface area contributed by atoms with Gasteiger partial charge in [0.1, 0.15) is 12.4 Å². The molecule has 0 atom stereocenters. The molecule has 1 aromatic heterocycles. The van der Waals surface area contributed by atoms with Crippen LogP contribution in [0.25, 0.3) is 0 Å². The van der Waals surface area contributed by atoms with Crippen molar-refractivity contribution >= 4 is 0 Å². The molecule has 102 valence electrons. The van der Waals surface area contributed by atoms with Crippen molar-refractivity contribution in [3.05, 3.63) is 47.3 Å². The third kappa shape index (κ3) is 4.10. The Morgan fingerprint density at radius 2 is 2.11 bits per heavy atom. The third-order valence-corrected chi connectivity index (χ3v) is 2.76. The molecule has 1 aromatic carbocycles. The van der Waals surface area contributed by atoms with Crippen LogP contribution in [0, 0.1) is 6.92 Å². The van der Waals surface area contributed by atoms with Crippen molar-refractivity contribution in [1.29, 1.82) is 0 Å². The molecule has 0 aliphatic carbocycles. The zero-order chi connectivity index (χ0) is 13.7. The summed E-state index contributed by atoms with van der Waals surface area (Å²) in [6.07, 6.45) is 0. The van der Waals surface area contributed by atoms with Gasteiger partial charge in [-0.1, -0.05) is 37.2 Å². The van der Waals surface area contributed by atoms with Crippen molar-refractivity contribution in [2.24, 2.45) is 0 Å². The van der Waals surface area contributed by atoms with Gasteiger partial charge in [-0.15, -0.1) is 0 Å². The summed E-state index contributed by atoms with van der Waals surface area (Å²) < 4.78 is 11.0. The summed E-state index contributed by atoms with van der Waals surface area (Å²) in [6.45, 7) is 7.34. The summed E-state index contributed by atoms with van der Waals surface area (Å²) in [7, 11) is 0. The van der Waals surface area contributed by atoms with E-state index >= 15 is 0 Å². The van der Waals surface area contributed by atoms with E-state index in [4.69, 9.17) is 9.26 Å². The van der Waals surface area contributed by atoms with E-state index in [1.165, 1.54) is 0 Å². The van der Waals surface area contributed by atoms with Crippen LogP contribution in [0.3, 0.4) is 0 Å². The molecule has 0 bridgehead atoms. The molecule has 0 saturated heterocycles. The van der Waals surface area contributed by atoms with Crippen LogP contribution < -0.4 is 10.1 Å². The summed E-state index contributed by atoms with van der Waals surface area (Å²) in [5.74, 6) is 1.62. The van der Waals surface area contributed by atoms with Gasteiger partial charge >= 0.3 is 0 Å². The number of benzene rings is 1. The zero-order valence-electron chi connectivity index (χ0n) is 11.6. The van der Waals surface area contributed by atoms with Gasteiger partial charge in [0.05, 0.1) is 5.69 Å². The fraction of sp³-hybridized carbons (Fsp3) is 0.400. The number of hydrogen-bond acceptors (Lipinski definition) is 4. The maximum absolute atomic E-state index is 5.71. The molecule has 0 amide bonds. The second kappa shape index (κ2) is 6.38. The largest absolute Gasteiger partial charge is 0.485 e. The fourth-order valence-electron chi connectivity index (χ4n) is 1.68. The second-order valence-electron chi connectivity index (χ2n) is 4.87. The first-order chi connectivity index (χ1) is 9.15. The molecule has 2 rings (SSSR count). The monoisotopic (exact) mass is 260 g/mol. The van der Waals surface area contributed by atoms with Crippen molar-refractivity contribution in [2.75, 3.05) is 0 Å². The second-order valence-corrected chi connectivity index (χ2v) is 4.87. The lowest BCUT2D eigenvalue weighted by Gasteiger charge is -2.06. The van der Waals surface area contributed by atoms with Crippen LogP contribution in [-0.2, 0) is 13.2 Å². The molecule has 1 N–H and O–H groups in total. The lowest BCUT2D eigenvalue weighted by atomic mass is 10.2. The van der Waals surface area contributed by atoms with E-state index in [1.807, 2.05) is 37.3 Å². The predicted molar refractivity (Wildman–Crippen MR) is 74.0 cm³/mol. The minimum absolute atomic E-state index is 0.402. The highest BCUT2D eigenvalue weighted by molar-refractivity contribution is 5.31. The molecule has 0 unspecified atom stereocenters. The molecule has 0 aliphatic rings. The lowest BCUT2D eigenvalue weighted by Crippen LogP contribution is -2.21. The Labute approximate surface area is 113 Å². The molecule has 0 saturated carbocycles. The SMILES string of the molecule is Cc1ccccc1OCc1cc(CNC(C)C)no1. The Hall–Kier alpha value is -1.81. The van der Waals surface area contributed by atoms with E-state index < -0.39 is 0 Å². The van der Waals surface area contributed by atoms with Gasteiger partial charge in [-0.2, -0.15) is 0 Å². The molecule has 4 heteroatoms. The summed E-state index contributed by atoms with van der Waals surface area (Å²) in [5.41, 5.74) is 2.01. The highest BCUT2D eigenvalue weighted by Crippen LogP contribution is 2.18. The predicted octanol–water partition coefficient (Wildman–Crippen LogP) is 3.06. The van der Waals surface area contributed by atoms with Crippen LogP contribution in [0.15, 0.2) is 34.9 Å². The Morgan fingerprint density at radius 3 is 2.84 bits per heavy atom. The van der Waals surface area contributed by atoms with Crippen molar-refractivity contribution in [2.45, 2.75) is 40.0 Å². The van der Waals surface area contributed by atoms with E-state index in [2.05, 4.69) is 24.3 Å². The maximum atomic E-state index is 5.71. The minimum atomic E-state index is 0.402. The molecule has 0 fully saturated rings. The quantitative estimate of drug-likeness (QED) is 0.867. The highest BCUT2D eigenvalue weighted by atomic mass is 16.5. The number of hydrogen-bond donors (Lipinski definition) is 1. The van der Waals surface area contributed by atoms with E-state index in [0.29, 0.717) is 19.2 Å². The van der Waals surface area contributed by atoms with Gasteiger partial charge < -0.3 is 14.6 Å². The summed E-state index contributed by atoms with van der Waals surface area (Å²) in [5, 5.41) is 7.30. The van der Waals surface area contributed by atoms with E-state index in [0.717, 1.165) is 22.8 Å². The normalized spacial score (nSPS) is 10.9. The van der Waals surface area contributed by atoms with Gasteiger partial charge in [0.2, 0.25) is 0 Å². The first kappa shape index (κ1) is 13.6. The minimum Gasteiger partial charge on any atom is -0.485 e. The molecule has 0 aliphatic heterocycles. The van der Waals surface area contributed by atoms with Crippen LogP contribution in [0.2, 0.25) is 0 Å². The Kier molecular flexibility index (Phi) is 4.58. The van der Waals surface area contributed by atoms with Crippen molar-refractivity contribution < 1.29 is 9.26 Å². The number of nitrogens with zero attached hydrogens (tertiary/aromatic N) is 1. The number of ether oxygens (including phenoxy) is 1. The molecule has 0 radical (unpaired) electrons. The van der Waals surface area contributed by atoms with Crippen LogP contribution in [-0.4, -0.2) is 11.2 Å². The lowest BCUT2D eigenvalue weighted by molar-refractivity contribution is 0.247. The van der Waals surface area contributed by atoms with Gasteiger partial charge in [-0.3, -0.25) is 0 Å². The Bertz CT molecular complexity index is 520. The average Bonchev–Trinajstić information content (AvgIpc) is 2.83. The smallest absolute Gasteiger partial charge is 0.174 e. The van der Waals surface area contributed by atoms with Gasteiger partial charge in [-0.25, -0.2) is 0 Å². The first-order valence-electron chi connectivity index (χ1n) is 6.51. The molecule has 0 spiro atoms. The van der Waals surface area contributed by atoms with Gasteiger partial charge in [0, 0.05) is 18.7 Å². The number of aromatic nitrogens is 1. The molecule has 19 heavy (non-hydrogen) atoms. The molecular weight excluding hydrogens is 240 g/mol. The Balaban J connectivity index is 1.88. The first-order valence-corrected chi connectivity index (χ1v) is 6.51. The maximum Gasteiger partial charge on any atom is 0.174 e. The van der Waals surface area contributed by atoms with Gasteiger partial charge in [0.15, 0.2) is 5.76 Å². The average molecular weight is 260 g/mol. The van der Waals surface area contributed by atoms with Crippen LogP contribution >= 0.6 is 0 Å². The van der Waals surface area contributed by atoms with Gasteiger partial charge in [-0.05, 0) is 18.6 Å². The van der Waals surface area contributed by atoms with Crippen molar-refractivity contribution in [3.8, 4) is 5.75 Å². The number of rotatable bonds is 6. The van der Waals surface area contributed by atoms with E-state index in [-0.39, 0.29) is 0 Å². The molecular formula is C15H20N2O2.